The molecule has 0 spiro atoms. The molecule has 0 aliphatic carbocycles. The van der Waals surface area contributed by atoms with Crippen LogP contribution in [0.4, 0.5) is 0 Å². The number of hydrogen-bond donors (Lipinski definition) is 3. The summed E-state index contributed by atoms with van der Waals surface area (Å²) in [6, 6.07) is 21.8. The first-order valence-electron chi connectivity index (χ1n) is 25.1. The molecule has 0 radical (unpaired) electrons. The Kier molecular flexibility index (Phi) is 21.9. The van der Waals surface area contributed by atoms with Gasteiger partial charge >= 0.3 is 11.9 Å². The zero-order chi connectivity index (χ0) is 55.0. The Morgan fingerprint density at radius 1 is 0.640 bits per heavy atom. The van der Waals surface area contributed by atoms with Gasteiger partial charge in [-0.15, -0.1) is 0 Å². The number of benzene rings is 4. The van der Waals surface area contributed by atoms with Gasteiger partial charge in [0.25, 0.3) is 0 Å². The average molecular weight is 1040 g/mol. The van der Waals surface area contributed by atoms with Gasteiger partial charge < -0.3 is 53.2 Å². The monoisotopic (exact) mass is 1040 g/mol. The number of carbonyl (C=O) groups excluding carboxylic acids is 4. The van der Waals surface area contributed by atoms with E-state index >= 15 is 0 Å². The molecule has 75 heavy (non-hydrogen) atoms. The van der Waals surface area contributed by atoms with Crippen LogP contribution in [0.3, 0.4) is 0 Å². The van der Waals surface area contributed by atoms with Crippen LogP contribution < -0.4 is 9.47 Å². The van der Waals surface area contributed by atoms with E-state index in [1.807, 2.05) is 74.5 Å². The number of methoxy groups -OCH3 is 2. The zero-order valence-corrected chi connectivity index (χ0v) is 43.7. The molecule has 15 nitrogen and oxygen atoms in total. The summed E-state index contributed by atoms with van der Waals surface area (Å²) in [7, 11) is 4.43. The molecule has 0 aromatic heterocycles. The average Bonchev–Trinajstić information content (AvgIpc) is 3.69. The van der Waals surface area contributed by atoms with E-state index in [2.05, 4.69) is 0 Å². The Hall–Kier alpha value is -6.72. The van der Waals surface area contributed by atoms with Gasteiger partial charge in [-0.05, 0) is 149 Å². The summed E-state index contributed by atoms with van der Waals surface area (Å²) in [6.07, 6.45) is 5.59. The molecule has 4 aromatic carbocycles. The Balaban J connectivity index is 0.000000315. The Morgan fingerprint density at radius 2 is 1.11 bits per heavy atom. The number of aliphatic hydroxyl groups is 2. The van der Waals surface area contributed by atoms with Crippen molar-refractivity contribution in [1.29, 1.82) is 0 Å². The van der Waals surface area contributed by atoms with Gasteiger partial charge in [-0.25, -0.2) is 9.59 Å². The molecule has 1 fully saturated rings. The second-order valence-corrected chi connectivity index (χ2v) is 18.7. The lowest BCUT2D eigenvalue weighted by atomic mass is 9.97. The van der Waals surface area contributed by atoms with E-state index in [1.54, 1.807) is 73.1 Å². The largest absolute Gasteiger partial charge is 0.507 e. The summed E-state index contributed by atoms with van der Waals surface area (Å²) < 4.78 is 51.7. The van der Waals surface area contributed by atoms with E-state index in [-0.39, 0.29) is 44.2 Å². The second-order valence-electron chi connectivity index (χ2n) is 18.7. The number of aryl methyl sites for hydroxylation is 3. The number of rotatable bonds is 8. The maximum absolute atomic E-state index is 13.4. The molecule has 0 unspecified atom stereocenters. The number of esters is 2. The first kappa shape index (κ1) is 59.2. The third-order valence-electron chi connectivity index (χ3n) is 12.3. The van der Waals surface area contributed by atoms with E-state index in [0.29, 0.717) is 28.9 Å². The van der Waals surface area contributed by atoms with Crippen molar-refractivity contribution in [2.45, 2.75) is 144 Å². The van der Waals surface area contributed by atoms with Crippen molar-refractivity contribution in [2.24, 2.45) is 0 Å². The highest BCUT2D eigenvalue weighted by Gasteiger charge is 2.44. The van der Waals surface area contributed by atoms with Gasteiger partial charge in [0.2, 0.25) is 0 Å². The van der Waals surface area contributed by atoms with E-state index in [9.17, 15) is 34.5 Å². The maximum atomic E-state index is 13.4. The van der Waals surface area contributed by atoms with E-state index in [1.165, 1.54) is 37.8 Å². The van der Waals surface area contributed by atoms with Crippen molar-refractivity contribution in [1.82, 2.24) is 0 Å². The quantitative estimate of drug-likeness (QED) is 0.141. The fourth-order valence-corrected chi connectivity index (χ4v) is 8.48. The van der Waals surface area contributed by atoms with Gasteiger partial charge in [0, 0.05) is 1.37 Å². The Labute approximate surface area is 442 Å². The minimum absolute atomic E-state index is 0. The molecule has 1 saturated heterocycles. The molecule has 3 aliphatic rings. The van der Waals surface area contributed by atoms with Crippen LogP contribution >= 0.6 is 0 Å². The van der Waals surface area contributed by atoms with Crippen LogP contribution in [-0.2, 0) is 51.2 Å². The van der Waals surface area contributed by atoms with Crippen molar-refractivity contribution in [2.75, 3.05) is 14.2 Å². The smallest absolute Gasteiger partial charge is 0.342 e. The topological polar surface area (TPSA) is 203 Å². The molecule has 3 N–H and O–H groups in total. The number of hydrogen-bond acceptors (Lipinski definition) is 15. The van der Waals surface area contributed by atoms with Gasteiger partial charge in [0.05, 0.1) is 45.2 Å². The van der Waals surface area contributed by atoms with Crippen LogP contribution in [0.25, 0.3) is 12.2 Å². The minimum Gasteiger partial charge on any atom is -0.507 e. The van der Waals surface area contributed by atoms with Crippen molar-refractivity contribution in [3.05, 3.63) is 159 Å². The number of aromatic hydroxyl groups is 1. The van der Waals surface area contributed by atoms with E-state index < -0.39 is 72.3 Å². The number of phenolic OH excluding ortho intramolecular Hbond substituents is 1. The number of ketones is 2. The SMILES string of the molecule is C.COc1ccc(CO[C@@H]2/C=C\C(=O)[C@@H](O)[C@@H](O)C/C=C/c3cc(C)cc(O)c3C(=O)O[C@H]2C)cc1.COc1ccc(CO[C@@H]2/C=C\C(=O)[C@H]3OC(C)(C)O[C@H]3C/C=C/c3cc(C)cc(C)c3C(=O)O[C@H]2C)cc1.[3H]C. The fraction of sp³-hybridized carbons (Fsp3) is 0.400. The number of aliphatic hydroxyl groups excluding tert-OH is 2. The van der Waals surface area contributed by atoms with Crippen molar-refractivity contribution < 1.29 is 73.8 Å². The summed E-state index contributed by atoms with van der Waals surface area (Å²) in [6.45, 7) is 13.0. The second kappa shape index (κ2) is 27.7. The van der Waals surface area contributed by atoms with Gasteiger partial charge in [-0.2, -0.15) is 0 Å². The predicted octanol–water partition coefficient (Wildman–Crippen LogP) is 9.88. The number of carbonyl (C=O) groups is 4. The van der Waals surface area contributed by atoms with Gasteiger partial charge in [0.1, 0.15) is 59.4 Å². The molecule has 15 heteroatoms. The van der Waals surface area contributed by atoms with E-state index in [0.717, 1.165) is 39.6 Å². The van der Waals surface area contributed by atoms with Crippen molar-refractivity contribution >= 4 is 35.7 Å². The molecular weight excluding hydrogens is 961 g/mol. The van der Waals surface area contributed by atoms with Crippen LogP contribution in [0, 0.1) is 20.8 Å². The standard InChI is InChI=1S/C31H36O7.C27H30O8.2CH4/c1-19-16-20(2)28-23(17-19)8-7-9-27-29(38-31(4,5)37-27)25(32)14-15-26(21(3)36-30(28)33)35-18-22-10-12-24(34-6)13-11-22;1-16-13-19-5-4-6-21(28)26(31)22(29)11-12-24(17(2)35-27(32)25(19)23(30)14-16)34-15-18-7-9-20(33-3)10-8-18;;/h7-8,10-17,21,26-27,29H,9,18H2,1-6H3;4-5,7-14,17,21,24,26,28,30-31H,6,15H2,1-3H3;2*1H4/b8-7+,15-14-;5-4+,12-11-;;/t21-,26+,27-,29+;17-,21-,24+,26-;;/m00../s1/i;;1T;. The van der Waals surface area contributed by atoms with Crippen LogP contribution in [0.1, 0.15) is 116 Å². The van der Waals surface area contributed by atoms with Crippen LogP contribution in [0.15, 0.2) is 109 Å². The highest BCUT2D eigenvalue weighted by molar-refractivity contribution is 5.98. The molecule has 0 saturated carbocycles. The summed E-state index contributed by atoms with van der Waals surface area (Å²) in [4.78, 5) is 52.0. The third-order valence-corrected chi connectivity index (χ3v) is 12.3. The predicted molar refractivity (Wildman–Crippen MR) is 287 cm³/mol. The summed E-state index contributed by atoms with van der Waals surface area (Å²) in [5.41, 5.74) is 5.93. The summed E-state index contributed by atoms with van der Waals surface area (Å²) >= 11 is 0. The van der Waals surface area contributed by atoms with Crippen LogP contribution in [-0.4, -0.2) is 108 Å². The summed E-state index contributed by atoms with van der Waals surface area (Å²) in [5, 5.41) is 30.9. The van der Waals surface area contributed by atoms with Gasteiger partial charge in [-0.3, -0.25) is 9.59 Å². The number of ether oxygens (including phenoxy) is 8. The summed E-state index contributed by atoms with van der Waals surface area (Å²) in [5.74, 6) is -1.82. The van der Waals surface area contributed by atoms with Crippen LogP contribution in [0.5, 0.6) is 17.2 Å². The molecular formula is C60H74O15. The molecule has 404 valence electrons. The Morgan fingerprint density at radius 3 is 1.63 bits per heavy atom. The fourth-order valence-electron chi connectivity index (χ4n) is 8.48. The highest BCUT2D eigenvalue weighted by Crippen LogP contribution is 2.33. The molecule has 4 aromatic rings. The number of phenols is 1. The molecule has 8 atom stereocenters. The first-order valence-corrected chi connectivity index (χ1v) is 24.1. The molecule has 0 bridgehead atoms. The molecule has 7 rings (SSSR count). The first-order chi connectivity index (χ1) is 35.7. The number of cyclic esters (lactones) is 2. The maximum Gasteiger partial charge on any atom is 0.342 e. The van der Waals surface area contributed by atoms with Gasteiger partial charge in [0.15, 0.2) is 17.4 Å². The Bertz CT molecular complexity index is 2710. The lowest BCUT2D eigenvalue weighted by molar-refractivity contribution is -0.152. The van der Waals surface area contributed by atoms with E-state index in [4.69, 9.17) is 39.3 Å². The normalized spacial score (nSPS) is 25.5. The molecule has 0 amide bonds. The van der Waals surface area contributed by atoms with Gasteiger partial charge in [-0.1, -0.05) is 87.2 Å². The molecule has 3 heterocycles. The highest BCUT2D eigenvalue weighted by atomic mass is 16.8. The van der Waals surface area contributed by atoms with Crippen LogP contribution in [0.2, 0.25) is 0 Å². The van der Waals surface area contributed by atoms with Crippen molar-refractivity contribution in [3.63, 3.8) is 0 Å². The molecule has 3 aliphatic heterocycles. The lowest BCUT2D eigenvalue weighted by Gasteiger charge is -2.23. The third kappa shape index (κ3) is 16.6. The zero-order valence-electron chi connectivity index (χ0n) is 44.7. The van der Waals surface area contributed by atoms with Crippen molar-refractivity contribution in [3.8, 4) is 17.2 Å². The lowest BCUT2D eigenvalue weighted by Crippen LogP contribution is -2.34. The number of fused-ring (bicyclic) bond motifs is 3. The minimum atomic E-state index is -1.63.